The van der Waals surface area contributed by atoms with Crippen molar-refractivity contribution in [1.29, 1.82) is 0 Å². The molecule has 1 fully saturated rings. The predicted molar refractivity (Wildman–Crippen MR) is 109 cm³/mol. The van der Waals surface area contributed by atoms with Crippen molar-refractivity contribution in [3.05, 3.63) is 47.8 Å². The van der Waals surface area contributed by atoms with Crippen LogP contribution >= 0.6 is 0 Å². The molecule has 0 spiro atoms. The van der Waals surface area contributed by atoms with Crippen LogP contribution in [0.4, 0.5) is 0 Å². The molecule has 0 N–H and O–H groups in total. The van der Waals surface area contributed by atoms with Crippen molar-refractivity contribution in [2.45, 2.75) is 50.0 Å². The Kier molecular flexibility index (Phi) is 7.71. The number of aromatic nitrogens is 3. The first kappa shape index (κ1) is 23.4. The van der Waals surface area contributed by atoms with Crippen LogP contribution in [0.15, 0.2) is 41.7 Å². The van der Waals surface area contributed by atoms with Gasteiger partial charge in [-0.05, 0) is 37.9 Å². The largest absolute Gasteiger partial charge is 1.00 e. The van der Waals surface area contributed by atoms with E-state index in [4.69, 9.17) is 14.2 Å². The van der Waals surface area contributed by atoms with Crippen molar-refractivity contribution in [3.63, 3.8) is 0 Å². The molecule has 3 heterocycles. The fourth-order valence-corrected chi connectivity index (χ4v) is 4.31. The second-order valence-corrected chi connectivity index (χ2v) is 8.80. The average molecular weight is 437 g/mol. The summed E-state index contributed by atoms with van der Waals surface area (Å²) in [6, 6.07) is 9.33. The van der Waals surface area contributed by atoms with Crippen LogP contribution in [0.1, 0.15) is 31.5 Å². The van der Waals surface area contributed by atoms with Gasteiger partial charge in [-0.1, -0.05) is 24.3 Å². The summed E-state index contributed by atoms with van der Waals surface area (Å²) in [5.41, 5.74) is 3.09. The van der Waals surface area contributed by atoms with Crippen LogP contribution in [0.5, 0.6) is 5.75 Å². The molecule has 2 aromatic heterocycles. The van der Waals surface area contributed by atoms with E-state index in [1.165, 1.54) is 0 Å². The van der Waals surface area contributed by atoms with Crippen molar-refractivity contribution in [3.8, 4) is 5.75 Å². The zero-order valence-corrected chi connectivity index (χ0v) is 20.6. The fourth-order valence-electron chi connectivity index (χ4n) is 3.24. The second kappa shape index (κ2) is 9.89. The number of hydrogen-bond donors (Lipinski definition) is 0. The van der Waals surface area contributed by atoms with Crippen molar-refractivity contribution < 1.29 is 48.0 Å². The van der Waals surface area contributed by atoms with Crippen LogP contribution in [-0.2, 0) is 26.0 Å². The number of imidazole rings is 1. The molecule has 1 aliphatic rings. The molecule has 0 aliphatic carbocycles. The molecule has 30 heavy (non-hydrogen) atoms. The normalized spacial score (nSPS) is 18.8. The third-order valence-corrected chi connectivity index (χ3v) is 5.93. The third kappa shape index (κ3) is 5.49. The molecule has 4 rings (SSSR count). The Morgan fingerprint density at radius 3 is 2.83 bits per heavy atom. The number of benzene rings is 1. The van der Waals surface area contributed by atoms with Gasteiger partial charge in [0.1, 0.15) is 5.75 Å². The maximum atomic E-state index is 12.8. The van der Waals surface area contributed by atoms with Crippen molar-refractivity contribution in [2.24, 2.45) is 0 Å². The molecule has 154 valence electrons. The SMILES string of the molecule is Cc1c(OCC[C@H]2COC(C)(C)O2)ccnc1CS(=O)c1nc2ccccc2[n-]1.[Na+]. The number of hydrogen-bond acceptors (Lipinski definition) is 6. The minimum atomic E-state index is -1.38. The van der Waals surface area contributed by atoms with E-state index in [-0.39, 0.29) is 41.4 Å². The summed E-state index contributed by atoms with van der Waals surface area (Å²) in [5.74, 6) is 0.452. The number of rotatable bonds is 7. The first-order valence-electron chi connectivity index (χ1n) is 9.58. The van der Waals surface area contributed by atoms with E-state index in [2.05, 4.69) is 15.0 Å². The molecule has 1 aliphatic heterocycles. The first-order valence-corrected chi connectivity index (χ1v) is 10.9. The van der Waals surface area contributed by atoms with Crippen LogP contribution in [0.3, 0.4) is 0 Å². The Morgan fingerprint density at radius 2 is 2.10 bits per heavy atom. The van der Waals surface area contributed by atoms with Crippen LogP contribution in [0, 0.1) is 6.92 Å². The van der Waals surface area contributed by atoms with Crippen LogP contribution in [0.2, 0.25) is 0 Å². The molecule has 9 heteroatoms. The summed E-state index contributed by atoms with van der Waals surface area (Å²) in [4.78, 5) is 13.1. The predicted octanol–water partition coefficient (Wildman–Crippen LogP) is 0.128. The van der Waals surface area contributed by atoms with Gasteiger partial charge in [0.05, 0.1) is 41.6 Å². The molecule has 0 radical (unpaired) electrons. The maximum Gasteiger partial charge on any atom is 1.00 e. The number of ether oxygens (including phenoxy) is 3. The molecule has 0 saturated carbocycles. The minimum Gasteiger partial charge on any atom is -0.493 e. The smallest absolute Gasteiger partial charge is 0.493 e. The summed E-state index contributed by atoms with van der Waals surface area (Å²) >= 11 is 0. The molecule has 0 amide bonds. The number of pyridine rings is 1. The molecule has 7 nitrogen and oxygen atoms in total. The van der Waals surface area contributed by atoms with E-state index >= 15 is 0 Å². The summed E-state index contributed by atoms with van der Waals surface area (Å²) in [5, 5.41) is 0.333. The van der Waals surface area contributed by atoms with Gasteiger partial charge in [0, 0.05) is 23.3 Å². The molecule has 1 unspecified atom stereocenters. The average Bonchev–Trinajstić information content (AvgIpc) is 3.27. The second-order valence-electron chi connectivity index (χ2n) is 7.45. The van der Waals surface area contributed by atoms with Gasteiger partial charge in [-0.15, -0.1) is 0 Å². The molecule has 1 aromatic carbocycles. The Morgan fingerprint density at radius 1 is 1.30 bits per heavy atom. The van der Waals surface area contributed by atoms with Gasteiger partial charge in [-0.3, -0.25) is 9.19 Å². The molecule has 3 aromatic rings. The molecule has 1 saturated heterocycles. The van der Waals surface area contributed by atoms with Gasteiger partial charge >= 0.3 is 29.6 Å². The van der Waals surface area contributed by atoms with Crippen molar-refractivity contribution in [2.75, 3.05) is 13.2 Å². The molecular weight excluding hydrogens is 413 g/mol. The summed E-state index contributed by atoms with van der Waals surface area (Å²) in [6.07, 6.45) is 2.44. The van der Waals surface area contributed by atoms with E-state index in [9.17, 15) is 4.21 Å². The van der Waals surface area contributed by atoms with Crippen LogP contribution < -0.4 is 39.3 Å². The summed E-state index contributed by atoms with van der Waals surface area (Å²) in [6.45, 7) is 6.83. The van der Waals surface area contributed by atoms with E-state index in [0.29, 0.717) is 18.4 Å². The quantitative estimate of drug-likeness (QED) is 0.486. The minimum absolute atomic E-state index is 0. The van der Waals surface area contributed by atoms with Gasteiger partial charge < -0.3 is 24.2 Å². The van der Waals surface area contributed by atoms with Crippen LogP contribution in [0.25, 0.3) is 11.0 Å². The van der Waals surface area contributed by atoms with Crippen molar-refractivity contribution in [1.82, 2.24) is 15.0 Å². The molecule has 0 bridgehead atoms. The summed E-state index contributed by atoms with van der Waals surface area (Å²) in [7, 11) is -1.38. The van der Waals surface area contributed by atoms with Gasteiger partial charge in [0.2, 0.25) is 0 Å². The Bertz CT molecular complexity index is 1010. The van der Waals surface area contributed by atoms with Gasteiger partial charge in [0.15, 0.2) is 5.79 Å². The maximum absolute atomic E-state index is 12.8. The Balaban J connectivity index is 0.00000256. The van der Waals surface area contributed by atoms with E-state index in [1.807, 2.05) is 51.1 Å². The molecule has 2 atom stereocenters. The standard InChI is InChI=1S/C21H24N3O4S.Na/c1-14-18(13-29(25)20-23-16-6-4-5-7-17(16)24-20)22-10-8-19(14)26-11-9-15-12-27-21(2,3)28-15;/h4-8,10,15H,9,11-13H2,1-3H3;/q-1;+1/t15-,29?;/m0./s1. The van der Waals surface area contributed by atoms with Crippen LogP contribution in [-0.4, -0.2) is 39.3 Å². The fraction of sp³-hybridized carbons (Fsp3) is 0.429. The van der Waals surface area contributed by atoms with E-state index < -0.39 is 16.6 Å². The van der Waals surface area contributed by atoms with Gasteiger partial charge in [0.25, 0.3) is 0 Å². The van der Waals surface area contributed by atoms with E-state index in [1.54, 1.807) is 6.20 Å². The summed E-state index contributed by atoms with van der Waals surface area (Å²) < 4.78 is 30.1. The Hall–Kier alpha value is -1.29. The van der Waals surface area contributed by atoms with Crippen molar-refractivity contribution >= 4 is 21.8 Å². The zero-order valence-electron chi connectivity index (χ0n) is 17.8. The zero-order chi connectivity index (χ0) is 20.4. The monoisotopic (exact) mass is 437 g/mol. The number of nitrogens with zero attached hydrogens (tertiary/aromatic N) is 3. The Labute approximate surface area is 200 Å². The first-order chi connectivity index (χ1) is 13.9. The number of fused-ring (bicyclic) bond motifs is 1. The number of para-hydroxylation sites is 2. The topological polar surface area (TPSA) is 84.6 Å². The van der Waals surface area contributed by atoms with Gasteiger partial charge in [-0.25, -0.2) is 0 Å². The van der Waals surface area contributed by atoms with Gasteiger partial charge in [-0.2, -0.15) is 0 Å². The molecular formula is C21H24N3NaO4S. The van der Waals surface area contributed by atoms with E-state index in [0.717, 1.165) is 34.5 Å². The third-order valence-electron chi connectivity index (χ3n) is 4.81.